The molecule has 150 valence electrons. The number of aromatic nitrogens is 1. The molecule has 2 atom stereocenters. The Balaban J connectivity index is 1.95. The van der Waals surface area contributed by atoms with Crippen LogP contribution in [0.2, 0.25) is 0 Å². The third kappa shape index (κ3) is 2.78. The third-order valence-corrected chi connectivity index (χ3v) is 6.13. The van der Waals surface area contributed by atoms with Crippen LogP contribution in [0.15, 0.2) is 17.1 Å². The second-order valence-corrected chi connectivity index (χ2v) is 7.71. The van der Waals surface area contributed by atoms with Crippen molar-refractivity contribution >= 4 is 22.6 Å². The molecule has 3 aliphatic rings. The fraction of sp³-hybridized carbons (Fsp3) is 0.500. The van der Waals surface area contributed by atoms with Gasteiger partial charge < -0.3 is 14.6 Å². The first-order chi connectivity index (χ1) is 13.3. The van der Waals surface area contributed by atoms with E-state index in [2.05, 4.69) is 4.90 Å². The summed E-state index contributed by atoms with van der Waals surface area (Å²) in [6.45, 7) is 3.25. The van der Waals surface area contributed by atoms with Crippen molar-refractivity contribution in [3.63, 3.8) is 0 Å². The fourth-order valence-electron chi connectivity index (χ4n) is 4.66. The van der Waals surface area contributed by atoms with Crippen molar-refractivity contribution in [2.24, 2.45) is 0 Å². The molecular weight excluding hydrogens is 368 g/mol. The maximum absolute atomic E-state index is 15.6. The first kappa shape index (κ1) is 18.9. The van der Waals surface area contributed by atoms with Gasteiger partial charge in [-0.25, -0.2) is 13.6 Å². The molecule has 0 aliphatic carbocycles. The van der Waals surface area contributed by atoms with E-state index < -0.39 is 28.6 Å². The number of hydrogen-bond acceptors (Lipinski definition) is 4. The summed E-state index contributed by atoms with van der Waals surface area (Å²) in [4.78, 5) is 27.9. The molecule has 0 spiro atoms. The summed E-state index contributed by atoms with van der Waals surface area (Å²) in [5.41, 5.74) is -1.51. The summed E-state index contributed by atoms with van der Waals surface area (Å²) in [6.07, 6.45) is 3.99. The maximum atomic E-state index is 15.6. The lowest BCUT2D eigenvalue weighted by Gasteiger charge is -2.43. The summed E-state index contributed by atoms with van der Waals surface area (Å²) in [6, 6.07) is 1.23. The molecule has 3 aliphatic heterocycles. The van der Waals surface area contributed by atoms with Gasteiger partial charge >= 0.3 is 5.97 Å². The van der Waals surface area contributed by atoms with E-state index >= 15 is 8.78 Å². The molecule has 5 rings (SSSR count). The first-order valence-electron chi connectivity index (χ1n) is 9.58. The number of likely N-dealkylation sites (N-methyl/N-ethyl adjacent to an activating group) is 1. The summed E-state index contributed by atoms with van der Waals surface area (Å²) in [7, 11) is 2.04. The smallest absolute Gasteiger partial charge is 0.341 e. The van der Waals surface area contributed by atoms with Crippen LogP contribution in [0.25, 0.3) is 10.9 Å². The van der Waals surface area contributed by atoms with Crippen LogP contribution < -0.4 is 10.3 Å². The Bertz CT molecular complexity index is 1020. The highest BCUT2D eigenvalue weighted by molar-refractivity contribution is 5.93. The Labute approximate surface area is 161 Å². The Morgan fingerprint density at radius 1 is 1.25 bits per heavy atom. The van der Waals surface area contributed by atoms with Crippen LogP contribution in [0.4, 0.5) is 14.5 Å². The normalized spacial score (nSPS) is 22.6. The third-order valence-electron chi connectivity index (χ3n) is 6.13. The summed E-state index contributed by atoms with van der Waals surface area (Å²) < 4.78 is 32.1. The highest BCUT2D eigenvalue weighted by atomic mass is 19.1. The molecule has 1 aromatic heterocycles. The fourth-order valence-corrected chi connectivity index (χ4v) is 4.66. The topological polar surface area (TPSA) is 65.8 Å². The van der Waals surface area contributed by atoms with Crippen LogP contribution in [0.1, 0.15) is 36.5 Å². The average Bonchev–Trinajstić information content (AvgIpc) is 2.95. The number of aryl methyl sites for hydroxylation is 1. The lowest BCUT2D eigenvalue weighted by atomic mass is 10.0. The molecule has 1 aromatic carbocycles. The molecular formula is C20H23F2N3O3. The van der Waals surface area contributed by atoms with Crippen LogP contribution in [0.5, 0.6) is 0 Å². The van der Waals surface area contributed by atoms with E-state index in [0.717, 1.165) is 38.1 Å². The number of halogens is 2. The zero-order valence-electron chi connectivity index (χ0n) is 15.9. The molecule has 2 bridgehead atoms. The maximum Gasteiger partial charge on any atom is 0.341 e. The van der Waals surface area contributed by atoms with Crippen molar-refractivity contribution in [2.75, 3.05) is 25.0 Å². The van der Waals surface area contributed by atoms with Gasteiger partial charge in [0.25, 0.3) is 0 Å². The van der Waals surface area contributed by atoms with E-state index in [1.807, 2.05) is 7.05 Å². The number of rotatable bonds is 3. The van der Waals surface area contributed by atoms with Crippen LogP contribution in [-0.2, 0) is 6.54 Å². The number of carbonyl (C=O) groups is 1. The minimum Gasteiger partial charge on any atom is -0.477 e. The SMILES string of the molecule is CCn1cc(C(=O)O)c(=O)c2cc(F)c(N3CC4CCCC3CN4C)c(F)c21. The van der Waals surface area contributed by atoms with Gasteiger partial charge in [0.05, 0.1) is 10.9 Å². The zero-order valence-corrected chi connectivity index (χ0v) is 15.9. The van der Waals surface area contributed by atoms with Gasteiger partial charge in [0.1, 0.15) is 17.1 Å². The van der Waals surface area contributed by atoms with Crippen LogP contribution in [0, 0.1) is 11.6 Å². The number of carboxylic acid groups (broad SMARTS) is 1. The van der Waals surface area contributed by atoms with E-state index in [-0.39, 0.29) is 35.2 Å². The van der Waals surface area contributed by atoms with Gasteiger partial charge in [-0.3, -0.25) is 9.69 Å². The number of pyridine rings is 1. The number of nitrogens with zero attached hydrogens (tertiary/aromatic N) is 3. The molecule has 8 heteroatoms. The van der Waals surface area contributed by atoms with Crippen molar-refractivity contribution in [3.05, 3.63) is 39.7 Å². The Morgan fingerprint density at radius 2 is 1.96 bits per heavy atom. The van der Waals surface area contributed by atoms with E-state index in [1.54, 1.807) is 11.8 Å². The number of carboxylic acids is 1. The van der Waals surface area contributed by atoms with E-state index in [9.17, 15) is 14.7 Å². The average molecular weight is 391 g/mol. The van der Waals surface area contributed by atoms with Gasteiger partial charge in [-0.2, -0.15) is 0 Å². The van der Waals surface area contributed by atoms with Crippen molar-refractivity contribution < 1.29 is 18.7 Å². The molecule has 0 saturated carbocycles. The van der Waals surface area contributed by atoms with Gasteiger partial charge in [-0.05, 0) is 39.3 Å². The zero-order chi connectivity index (χ0) is 20.2. The van der Waals surface area contributed by atoms with E-state index in [1.165, 1.54) is 4.57 Å². The largest absolute Gasteiger partial charge is 0.477 e. The molecule has 28 heavy (non-hydrogen) atoms. The van der Waals surface area contributed by atoms with Crippen molar-refractivity contribution in [1.82, 2.24) is 9.47 Å². The molecule has 4 heterocycles. The quantitative estimate of drug-likeness (QED) is 0.872. The van der Waals surface area contributed by atoms with E-state index in [0.29, 0.717) is 6.54 Å². The summed E-state index contributed by atoms with van der Waals surface area (Å²) in [5.74, 6) is -3.02. The van der Waals surface area contributed by atoms with Gasteiger partial charge in [0, 0.05) is 37.9 Å². The van der Waals surface area contributed by atoms with E-state index in [4.69, 9.17) is 0 Å². The van der Waals surface area contributed by atoms with Crippen LogP contribution in [-0.4, -0.2) is 52.8 Å². The van der Waals surface area contributed by atoms with Crippen molar-refractivity contribution in [2.45, 2.75) is 44.8 Å². The predicted octanol–water partition coefficient (Wildman–Crippen LogP) is 2.67. The second-order valence-electron chi connectivity index (χ2n) is 7.71. The lowest BCUT2D eigenvalue weighted by molar-refractivity contribution is 0.0695. The van der Waals surface area contributed by atoms with Crippen LogP contribution >= 0.6 is 0 Å². The number of benzene rings is 1. The lowest BCUT2D eigenvalue weighted by Crippen LogP contribution is -2.55. The number of hydrogen-bond donors (Lipinski definition) is 1. The number of aromatic carboxylic acids is 1. The standard InChI is InChI=1S/C20H23F2N3O3/c1-3-24-10-14(20(27)28)19(26)13-7-15(21)18(16(22)17(13)24)25-9-11-5-4-6-12(25)8-23(11)2/h7,10-12H,3-6,8-9H2,1-2H3,(H,27,28). The molecule has 2 aromatic rings. The molecule has 3 saturated heterocycles. The first-order valence-corrected chi connectivity index (χ1v) is 9.58. The molecule has 1 N–H and O–H groups in total. The van der Waals surface area contributed by atoms with Gasteiger partial charge in [-0.1, -0.05) is 0 Å². The molecule has 6 nitrogen and oxygen atoms in total. The van der Waals surface area contributed by atoms with Crippen molar-refractivity contribution in [1.29, 1.82) is 0 Å². The van der Waals surface area contributed by atoms with Crippen molar-refractivity contribution in [3.8, 4) is 0 Å². The van der Waals surface area contributed by atoms with Crippen LogP contribution in [0.3, 0.4) is 0 Å². The Hall–Kier alpha value is -2.48. The summed E-state index contributed by atoms with van der Waals surface area (Å²) in [5, 5.41) is 9.02. The molecule has 2 unspecified atom stereocenters. The minimum atomic E-state index is -1.41. The second kappa shape index (κ2) is 6.84. The number of fused-ring (bicyclic) bond motifs is 5. The minimum absolute atomic E-state index is 0.00490. The number of piperazine rings is 1. The molecule has 0 amide bonds. The molecule has 0 radical (unpaired) electrons. The highest BCUT2D eigenvalue weighted by Crippen LogP contribution is 2.36. The monoisotopic (exact) mass is 391 g/mol. The van der Waals surface area contributed by atoms with Gasteiger partial charge in [-0.15, -0.1) is 0 Å². The summed E-state index contributed by atoms with van der Waals surface area (Å²) >= 11 is 0. The van der Waals surface area contributed by atoms with Gasteiger partial charge in [0.2, 0.25) is 5.43 Å². The highest BCUT2D eigenvalue weighted by Gasteiger charge is 2.37. The Kier molecular flexibility index (Phi) is 4.61. The van der Waals surface area contributed by atoms with Gasteiger partial charge in [0.15, 0.2) is 5.82 Å². The Morgan fingerprint density at radius 3 is 2.64 bits per heavy atom. The predicted molar refractivity (Wildman–Crippen MR) is 102 cm³/mol. The molecule has 3 fully saturated rings. The number of anilines is 1.